The molecule has 0 bridgehead atoms. The molecule has 0 aromatic rings. The van der Waals surface area contributed by atoms with Gasteiger partial charge in [0.2, 0.25) is 0 Å². The van der Waals surface area contributed by atoms with Crippen LogP contribution >= 0.6 is 0 Å². The van der Waals surface area contributed by atoms with Gasteiger partial charge in [0.05, 0.1) is 12.3 Å². The molecular formula is C19H34N2O. The molecule has 3 nitrogen and oxygen atoms in total. The number of hydrogen-bond donors (Lipinski definition) is 1. The summed E-state index contributed by atoms with van der Waals surface area (Å²) in [6.07, 6.45) is 16.1. The van der Waals surface area contributed by atoms with E-state index in [4.69, 9.17) is 10.3 Å². The number of ether oxygens (including phenoxy) is 1. The molecule has 0 rings (SSSR count). The van der Waals surface area contributed by atoms with Crippen LogP contribution in [0.15, 0.2) is 41.4 Å². The molecule has 1 N–H and O–H groups in total. The van der Waals surface area contributed by atoms with E-state index in [1.807, 2.05) is 6.08 Å². The minimum Gasteiger partial charge on any atom is -0.494 e. The summed E-state index contributed by atoms with van der Waals surface area (Å²) >= 11 is 0. The highest BCUT2D eigenvalue weighted by Gasteiger charge is 1.98. The maximum atomic E-state index is 6.88. The average Bonchev–Trinajstić information content (AvgIpc) is 2.49. The van der Waals surface area contributed by atoms with Crippen LogP contribution in [0.25, 0.3) is 0 Å². The Morgan fingerprint density at radius 1 is 1.05 bits per heavy atom. The highest BCUT2D eigenvalue weighted by atomic mass is 16.5. The van der Waals surface area contributed by atoms with Crippen LogP contribution < -0.4 is 0 Å². The Hall–Kier alpha value is -1.38. The Kier molecular flexibility index (Phi) is 13.6. The van der Waals surface area contributed by atoms with E-state index < -0.39 is 0 Å². The van der Waals surface area contributed by atoms with Crippen molar-refractivity contribution >= 4 is 0 Å². The van der Waals surface area contributed by atoms with Crippen molar-refractivity contribution in [3.8, 4) is 0 Å². The molecule has 0 aliphatic carbocycles. The molecule has 0 heterocycles. The third-order valence-corrected chi connectivity index (χ3v) is 3.35. The van der Waals surface area contributed by atoms with Crippen molar-refractivity contribution in [2.45, 2.75) is 72.1 Å². The van der Waals surface area contributed by atoms with Gasteiger partial charge in [-0.1, -0.05) is 72.3 Å². The summed E-state index contributed by atoms with van der Waals surface area (Å²) in [7, 11) is 0. The SMILES string of the molecule is C=C(C=CC(=CC(C)C)OCCCCCCCCCC)N=N. The monoisotopic (exact) mass is 306 g/mol. The van der Waals surface area contributed by atoms with E-state index in [0.717, 1.165) is 18.8 Å². The quantitative estimate of drug-likeness (QED) is 0.163. The van der Waals surface area contributed by atoms with Crippen LogP contribution in [0.2, 0.25) is 0 Å². The normalized spacial score (nSPS) is 12.1. The molecule has 0 amide bonds. The fourth-order valence-electron chi connectivity index (χ4n) is 2.12. The summed E-state index contributed by atoms with van der Waals surface area (Å²) in [4.78, 5) is 0. The highest BCUT2D eigenvalue weighted by Crippen LogP contribution is 2.11. The second kappa shape index (κ2) is 14.6. The van der Waals surface area contributed by atoms with Crippen molar-refractivity contribution in [2.75, 3.05) is 6.61 Å². The lowest BCUT2D eigenvalue weighted by Crippen LogP contribution is -1.96. The number of allylic oxidation sites excluding steroid dienone is 3. The van der Waals surface area contributed by atoms with Crippen LogP contribution in [-0.4, -0.2) is 6.61 Å². The van der Waals surface area contributed by atoms with Gasteiger partial charge in [-0.3, -0.25) is 0 Å². The van der Waals surface area contributed by atoms with Gasteiger partial charge in [0.1, 0.15) is 5.76 Å². The molecule has 126 valence electrons. The minimum atomic E-state index is 0.430. The second-order valence-corrected chi connectivity index (χ2v) is 6.07. The molecule has 0 aromatic carbocycles. The van der Waals surface area contributed by atoms with Crippen molar-refractivity contribution in [2.24, 2.45) is 11.0 Å². The molecule has 3 heteroatoms. The third kappa shape index (κ3) is 13.6. The zero-order chi connectivity index (χ0) is 16.6. The highest BCUT2D eigenvalue weighted by molar-refractivity contribution is 5.21. The van der Waals surface area contributed by atoms with Crippen LogP contribution in [0.3, 0.4) is 0 Å². The lowest BCUT2D eigenvalue weighted by molar-refractivity contribution is 0.214. The Balaban J connectivity index is 3.88. The van der Waals surface area contributed by atoms with Gasteiger partial charge in [0.25, 0.3) is 0 Å². The van der Waals surface area contributed by atoms with Gasteiger partial charge in [-0.15, -0.1) is 0 Å². The summed E-state index contributed by atoms with van der Waals surface area (Å²) in [5.41, 5.74) is 7.32. The first-order valence-electron chi connectivity index (χ1n) is 8.69. The lowest BCUT2D eigenvalue weighted by atomic mass is 10.1. The fourth-order valence-corrected chi connectivity index (χ4v) is 2.12. The van der Waals surface area contributed by atoms with Gasteiger partial charge in [0.15, 0.2) is 0 Å². The van der Waals surface area contributed by atoms with Gasteiger partial charge < -0.3 is 4.74 Å². The van der Waals surface area contributed by atoms with E-state index in [1.54, 1.807) is 6.08 Å². The summed E-state index contributed by atoms with van der Waals surface area (Å²) in [6.45, 7) is 10.9. The van der Waals surface area contributed by atoms with Gasteiger partial charge in [-0.25, -0.2) is 5.53 Å². The number of hydrogen-bond acceptors (Lipinski definition) is 3. The minimum absolute atomic E-state index is 0.430. The van der Waals surface area contributed by atoms with Crippen molar-refractivity contribution in [3.05, 3.63) is 36.3 Å². The number of nitrogens with zero attached hydrogens (tertiary/aromatic N) is 1. The Labute approximate surface area is 137 Å². The second-order valence-electron chi connectivity index (χ2n) is 6.07. The van der Waals surface area contributed by atoms with Gasteiger partial charge >= 0.3 is 0 Å². The van der Waals surface area contributed by atoms with Crippen molar-refractivity contribution < 1.29 is 4.74 Å². The molecule has 0 aliphatic rings. The molecule has 0 radical (unpaired) electrons. The average molecular weight is 306 g/mol. The Morgan fingerprint density at radius 2 is 1.64 bits per heavy atom. The molecule has 0 saturated heterocycles. The summed E-state index contributed by atoms with van der Waals surface area (Å²) in [6, 6.07) is 0. The van der Waals surface area contributed by atoms with E-state index in [0.29, 0.717) is 11.6 Å². The third-order valence-electron chi connectivity index (χ3n) is 3.35. The molecule has 0 atom stereocenters. The molecule has 0 aliphatic heterocycles. The molecule has 0 spiro atoms. The first kappa shape index (κ1) is 20.6. The number of unbranched alkanes of at least 4 members (excludes halogenated alkanes) is 7. The van der Waals surface area contributed by atoms with Crippen LogP contribution in [0, 0.1) is 11.4 Å². The summed E-state index contributed by atoms with van der Waals surface area (Å²) in [5, 5.41) is 3.28. The van der Waals surface area contributed by atoms with Gasteiger partial charge in [-0.05, 0) is 30.6 Å². The van der Waals surface area contributed by atoms with Gasteiger partial charge in [-0.2, -0.15) is 5.11 Å². The van der Waals surface area contributed by atoms with Crippen LogP contribution in [-0.2, 0) is 4.74 Å². The molecule has 22 heavy (non-hydrogen) atoms. The van der Waals surface area contributed by atoms with Crippen LogP contribution in [0.1, 0.15) is 72.1 Å². The van der Waals surface area contributed by atoms with Crippen molar-refractivity contribution in [1.29, 1.82) is 5.53 Å². The van der Waals surface area contributed by atoms with E-state index >= 15 is 0 Å². The molecule has 0 aromatic heterocycles. The van der Waals surface area contributed by atoms with Crippen molar-refractivity contribution in [1.82, 2.24) is 0 Å². The summed E-state index contributed by atoms with van der Waals surface area (Å²) < 4.78 is 5.82. The molecule has 0 fully saturated rings. The maximum absolute atomic E-state index is 6.88. The topological polar surface area (TPSA) is 45.4 Å². The molecule has 0 unspecified atom stereocenters. The maximum Gasteiger partial charge on any atom is 0.115 e. The zero-order valence-corrected chi connectivity index (χ0v) is 14.7. The Morgan fingerprint density at radius 3 is 2.18 bits per heavy atom. The molecular weight excluding hydrogens is 272 g/mol. The van der Waals surface area contributed by atoms with E-state index in [1.165, 1.54) is 44.9 Å². The predicted octanol–water partition coefficient (Wildman–Crippen LogP) is 6.78. The number of nitrogens with one attached hydrogen (secondary N) is 1. The fraction of sp³-hybridized carbons (Fsp3) is 0.684. The van der Waals surface area contributed by atoms with Crippen molar-refractivity contribution in [3.63, 3.8) is 0 Å². The largest absolute Gasteiger partial charge is 0.494 e. The lowest BCUT2D eigenvalue weighted by Gasteiger charge is -2.08. The number of rotatable bonds is 14. The predicted molar refractivity (Wildman–Crippen MR) is 94.9 cm³/mol. The summed E-state index contributed by atoms with van der Waals surface area (Å²) in [5.74, 6) is 1.28. The van der Waals surface area contributed by atoms with Crippen LogP contribution in [0.4, 0.5) is 0 Å². The first-order valence-corrected chi connectivity index (χ1v) is 8.69. The first-order chi connectivity index (χ1) is 10.6. The van der Waals surface area contributed by atoms with Crippen LogP contribution in [0.5, 0.6) is 0 Å². The standard InChI is InChI=1S/C19H34N2O/c1-5-6-7-8-9-10-11-12-15-22-19(16-17(2)3)14-13-18(4)21-20/h13-14,16-17,20H,4-12,15H2,1-3H3. The zero-order valence-electron chi connectivity index (χ0n) is 14.7. The van der Waals surface area contributed by atoms with Gasteiger partial charge in [0, 0.05) is 0 Å². The van der Waals surface area contributed by atoms with E-state index in [-0.39, 0.29) is 0 Å². The smallest absolute Gasteiger partial charge is 0.115 e. The van der Waals surface area contributed by atoms with E-state index in [2.05, 4.69) is 38.5 Å². The molecule has 0 saturated carbocycles. The van der Waals surface area contributed by atoms with E-state index in [9.17, 15) is 0 Å². The Bertz CT molecular complexity index is 356.